The van der Waals surface area contributed by atoms with Gasteiger partial charge >= 0.3 is 5.97 Å². The zero-order valence-corrected chi connectivity index (χ0v) is 20.0. The second kappa shape index (κ2) is 9.16. The molecule has 0 spiro atoms. The van der Waals surface area contributed by atoms with Crippen molar-refractivity contribution in [1.82, 2.24) is 4.90 Å². The van der Waals surface area contributed by atoms with Crippen LogP contribution >= 0.6 is 0 Å². The van der Waals surface area contributed by atoms with Gasteiger partial charge in [-0.2, -0.15) is 0 Å². The molecule has 2 heterocycles. The fraction of sp³-hybridized carbons (Fsp3) is 0.429. The van der Waals surface area contributed by atoms with E-state index in [1.165, 1.54) is 12.5 Å². The molecular weight excluding hydrogens is 428 g/mol. The molecule has 0 aromatic heterocycles. The first-order valence-corrected chi connectivity index (χ1v) is 12.2. The number of esters is 1. The molecule has 0 radical (unpaired) electrons. The lowest BCUT2D eigenvalue weighted by Gasteiger charge is -2.38. The zero-order chi connectivity index (χ0) is 23.8. The summed E-state index contributed by atoms with van der Waals surface area (Å²) in [4.78, 5) is 26.6. The number of nitrogens with one attached hydrogen (secondary N) is 1. The van der Waals surface area contributed by atoms with Crippen molar-refractivity contribution in [3.63, 3.8) is 0 Å². The molecule has 3 aliphatic rings. The van der Waals surface area contributed by atoms with Gasteiger partial charge in [0, 0.05) is 37.2 Å². The van der Waals surface area contributed by atoms with Crippen molar-refractivity contribution >= 4 is 17.6 Å². The van der Waals surface area contributed by atoms with Crippen molar-refractivity contribution in [3.8, 4) is 11.5 Å². The quantitative estimate of drug-likeness (QED) is 0.380. The fourth-order valence-electron chi connectivity index (χ4n) is 5.57. The number of fused-ring (bicyclic) bond motifs is 3. The van der Waals surface area contributed by atoms with E-state index in [1.807, 2.05) is 23.1 Å². The Labute approximate surface area is 200 Å². The number of carbonyl (C=O) groups is 2. The number of carbonyl (C=O) groups excluding carboxylic acids is 2. The van der Waals surface area contributed by atoms with Crippen LogP contribution in [0, 0.1) is 11.8 Å². The molecule has 1 saturated heterocycles. The Morgan fingerprint density at radius 2 is 1.85 bits per heavy atom. The maximum atomic E-state index is 13.2. The topological polar surface area (TPSA) is 67.9 Å². The Morgan fingerprint density at radius 3 is 2.59 bits per heavy atom. The molecule has 2 aromatic rings. The fourth-order valence-corrected chi connectivity index (χ4v) is 5.57. The highest BCUT2D eigenvalue weighted by Gasteiger charge is 2.38. The number of piperidine rings is 1. The van der Waals surface area contributed by atoms with E-state index in [-0.39, 0.29) is 23.8 Å². The van der Waals surface area contributed by atoms with Crippen molar-refractivity contribution in [1.29, 1.82) is 0 Å². The molecule has 178 valence electrons. The molecular formula is C28H32N2O4. The maximum Gasteiger partial charge on any atom is 0.308 e. The molecule has 1 aliphatic carbocycles. The van der Waals surface area contributed by atoms with Gasteiger partial charge in [-0.25, -0.2) is 0 Å². The van der Waals surface area contributed by atoms with E-state index < -0.39 is 0 Å². The number of allylic oxidation sites excluding steroid dienone is 2. The van der Waals surface area contributed by atoms with Crippen LogP contribution in [0.5, 0.6) is 11.5 Å². The summed E-state index contributed by atoms with van der Waals surface area (Å²) in [6.07, 6.45) is 7.63. The van der Waals surface area contributed by atoms with Crippen molar-refractivity contribution in [2.24, 2.45) is 11.8 Å². The van der Waals surface area contributed by atoms with Crippen molar-refractivity contribution < 1.29 is 19.1 Å². The third-order valence-electron chi connectivity index (χ3n) is 7.48. The van der Waals surface area contributed by atoms with Crippen molar-refractivity contribution in [3.05, 3.63) is 65.2 Å². The first-order chi connectivity index (χ1) is 16.4. The van der Waals surface area contributed by atoms with Crippen LogP contribution in [0.2, 0.25) is 0 Å². The Balaban J connectivity index is 1.43. The van der Waals surface area contributed by atoms with Gasteiger partial charge in [-0.3, -0.25) is 9.59 Å². The predicted molar refractivity (Wildman–Crippen MR) is 131 cm³/mol. The summed E-state index contributed by atoms with van der Waals surface area (Å²) in [5.41, 5.74) is 4.11. The van der Waals surface area contributed by atoms with Crippen LogP contribution in [0.3, 0.4) is 0 Å². The minimum absolute atomic E-state index is 0.0814. The molecule has 1 N–H and O–H groups in total. The van der Waals surface area contributed by atoms with Gasteiger partial charge in [0.2, 0.25) is 0 Å². The molecule has 2 aromatic carbocycles. The first kappa shape index (κ1) is 22.5. The number of benzene rings is 2. The molecule has 6 nitrogen and oxygen atoms in total. The van der Waals surface area contributed by atoms with E-state index in [2.05, 4.69) is 36.5 Å². The number of rotatable bonds is 4. The van der Waals surface area contributed by atoms with E-state index in [9.17, 15) is 9.59 Å². The number of hydrogen-bond donors (Lipinski definition) is 1. The van der Waals surface area contributed by atoms with Gasteiger partial charge in [0.25, 0.3) is 5.91 Å². The van der Waals surface area contributed by atoms with Crippen LogP contribution in [0.4, 0.5) is 5.69 Å². The largest absolute Gasteiger partial charge is 0.493 e. The van der Waals surface area contributed by atoms with Crippen molar-refractivity contribution in [2.75, 3.05) is 25.5 Å². The van der Waals surface area contributed by atoms with Gasteiger partial charge in [0.05, 0.1) is 13.2 Å². The molecule has 1 fully saturated rings. The molecule has 1 amide bonds. The molecule has 3 unspecified atom stereocenters. The number of ether oxygens (including phenoxy) is 2. The summed E-state index contributed by atoms with van der Waals surface area (Å²) in [5, 5.41) is 3.72. The summed E-state index contributed by atoms with van der Waals surface area (Å²) in [6.45, 7) is 5.32. The van der Waals surface area contributed by atoms with E-state index in [0.717, 1.165) is 49.2 Å². The van der Waals surface area contributed by atoms with Crippen LogP contribution in [0.25, 0.3) is 0 Å². The van der Waals surface area contributed by atoms with Crippen LogP contribution in [0.15, 0.2) is 48.6 Å². The lowest BCUT2D eigenvalue weighted by molar-refractivity contribution is -0.132. The average molecular weight is 461 g/mol. The molecule has 3 atom stereocenters. The van der Waals surface area contributed by atoms with Gasteiger partial charge < -0.3 is 19.7 Å². The number of likely N-dealkylation sites (tertiary alicyclic amines) is 1. The SMILES string of the molecule is COc1cc(C2Nc3ccc(C(=O)N4CCC(C)CC4)cc3C3C=CCC32)ccc1OC(C)=O. The molecule has 0 saturated carbocycles. The molecule has 0 bridgehead atoms. The average Bonchev–Trinajstić information content (AvgIpc) is 3.34. The molecule has 5 rings (SSSR count). The monoisotopic (exact) mass is 460 g/mol. The number of anilines is 1. The zero-order valence-electron chi connectivity index (χ0n) is 20.0. The first-order valence-electron chi connectivity index (χ1n) is 12.2. The maximum absolute atomic E-state index is 13.2. The van der Waals surface area contributed by atoms with Gasteiger partial charge in [0.1, 0.15) is 0 Å². The van der Waals surface area contributed by atoms with E-state index >= 15 is 0 Å². The van der Waals surface area contributed by atoms with Crippen LogP contribution in [-0.4, -0.2) is 37.0 Å². The summed E-state index contributed by atoms with van der Waals surface area (Å²) in [6, 6.07) is 11.9. The number of methoxy groups -OCH3 is 1. The molecule has 6 heteroatoms. The minimum Gasteiger partial charge on any atom is -0.493 e. The summed E-state index contributed by atoms with van der Waals surface area (Å²) < 4.78 is 10.8. The molecule has 2 aliphatic heterocycles. The Hall–Kier alpha value is -3.28. The van der Waals surface area contributed by atoms with E-state index in [4.69, 9.17) is 9.47 Å². The number of hydrogen-bond acceptors (Lipinski definition) is 5. The smallest absolute Gasteiger partial charge is 0.308 e. The highest BCUT2D eigenvalue weighted by Crippen LogP contribution is 2.50. The Kier molecular flexibility index (Phi) is 6.07. The van der Waals surface area contributed by atoms with E-state index in [0.29, 0.717) is 23.3 Å². The van der Waals surface area contributed by atoms with Gasteiger partial charge in [-0.05, 0) is 72.6 Å². The highest BCUT2D eigenvalue weighted by atomic mass is 16.6. The standard InChI is InChI=1S/C28H32N2O4/c1-17-11-13-30(14-12-17)28(32)20-7-9-24-23(15-20)21-5-4-6-22(21)27(29-24)19-8-10-25(34-18(2)31)26(16-19)33-3/h4-5,7-10,15-17,21-22,27,29H,6,11-14H2,1-3H3. The van der Waals surface area contributed by atoms with E-state index in [1.54, 1.807) is 13.2 Å². The third kappa shape index (κ3) is 4.17. The number of amides is 1. The van der Waals surface area contributed by atoms with Crippen LogP contribution in [0.1, 0.15) is 66.6 Å². The minimum atomic E-state index is -0.375. The molecule has 34 heavy (non-hydrogen) atoms. The van der Waals surface area contributed by atoms with Crippen molar-refractivity contribution in [2.45, 2.75) is 45.1 Å². The highest BCUT2D eigenvalue weighted by molar-refractivity contribution is 5.95. The predicted octanol–water partition coefficient (Wildman–Crippen LogP) is 5.32. The summed E-state index contributed by atoms with van der Waals surface area (Å²) >= 11 is 0. The van der Waals surface area contributed by atoms with Crippen LogP contribution in [-0.2, 0) is 4.79 Å². The summed E-state index contributed by atoms with van der Waals surface area (Å²) in [7, 11) is 1.58. The Morgan fingerprint density at radius 1 is 1.06 bits per heavy atom. The van der Waals surface area contributed by atoms with Gasteiger partial charge in [0.15, 0.2) is 11.5 Å². The second-order valence-corrected chi connectivity index (χ2v) is 9.76. The van der Waals surface area contributed by atoms with Gasteiger partial charge in [-0.15, -0.1) is 0 Å². The number of nitrogens with zero attached hydrogens (tertiary/aromatic N) is 1. The second-order valence-electron chi connectivity index (χ2n) is 9.76. The lowest BCUT2D eigenvalue weighted by atomic mass is 9.76. The van der Waals surface area contributed by atoms with Crippen LogP contribution < -0.4 is 14.8 Å². The van der Waals surface area contributed by atoms with Gasteiger partial charge in [-0.1, -0.05) is 25.1 Å². The third-order valence-corrected chi connectivity index (χ3v) is 7.48. The summed E-state index contributed by atoms with van der Waals surface area (Å²) in [5.74, 6) is 2.00. The lowest BCUT2D eigenvalue weighted by Crippen LogP contribution is -2.38. The Bertz CT molecular complexity index is 1130. The normalized spacial score (nSPS) is 23.6.